The molecule has 0 radical (unpaired) electrons. The number of nitrogens with one attached hydrogen (secondary N) is 1. The van der Waals surface area contributed by atoms with E-state index in [0.717, 1.165) is 26.8 Å². The molecular formula is C17H15BrN2O. The molecule has 0 aliphatic heterocycles. The lowest BCUT2D eigenvalue weighted by atomic mass is 10.2. The van der Waals surface area contributed by atoms with E-state index in [0.29, 0.717) is 6.54 Å². The molecule has 1 N–H and O–H groups in total. The highest BCUT2D eigenvalue weighted by Gasteiger charge is 2.09. The Morgan fingerprint density at radius 2 is 1.95 bits per heavy atom. The van der Waals surface area contributed by atoms with Crippen molar-refractivity contribution in [3.8, 4) is 0 Å². The Labute approximate surface area is 131 Å². The summed E-state index contributed by atoms with van der Waals surface area (Å²) < 4.78 is 2.98. The van der Waals surface area contributed by atoms with E-state index in [-0.39, 0.29) is 5.91 Å². The fourth-order valence-corrected chi connectivity index (χ4v) is 2.87. The minimum Gasteiger partial charge on any atom is -0.335 e. The quantitative estimate of drug-likeness (QED) is 0.754. The zero-order valence-electron chi connectivity index (χ0n) is 11.6. The lowest BCUT2D eigenvalue weighted by Gasteiger charge is -2.09. The summed E-state index contributed by atoms with van der Waals surface area (Å²) in [7, 11) is 0. The van der Waals surface area contributed by atoms with Crippen LogP contribution >= 0.6 is 15.9 Å². The second-order valence-corrected chi connectivity index (χ2v) is 5.90. The fourth-order valence-electron chi connectivity index (χ4n) is 2.47. The summed E-state index contributed by atoms with van der Waals surface area (Å²) in [4.78, 5) is 12.2. The number of benzene rings is 2. The van der Waals surface area contributed by atoms with Crippen molar-refractivity contribution < 1.29 is 4.79 Å². The summed E-state index contributed by atoms with van der Waals surface area (Å²) >= 11 is 3.40. The third kappa shape index (κ3) is 3.00. The molecule has 0 fully saturated rings. The summed E-state index contributed by atoms with van der Waals surface area (Å²) in [6, 6.07) is 17.8. The molecule has 0 spiro atoms. The summed E-state index contributed by atoms with van der Waals surface area (Å²) in [5, 5.41) is 4.08. The van der Waals surface area contributed by atoms with E-state index in [1.807, 2.05) is 54.0 Å². The van der Waals surface area contributed by atoms with E-state index in [9.17, 15) is 4.79 Å². The number of para-hydroxylation sites is 1. The van der Waals surface area contributed by atoms with Gasteiger partial charge in [0.25, 0.3) is 0 Å². The number of anilines is 1. The molecule has 2 aromatic carbocycles. The highest BCUT2D eigenvalue weighted by Crippen LogP contribution is 2.20. The van der Waals surface area contributed by atoms with Gasteiger partial charge in [0.1, 0.15) is 6.54 Å². The van der Waals surface area contributed by atoms with Crippen LogP contribution in [0.15, 0.2) is 59.1 Å². The molecular weight excluding hydrogens is 328 g/mol. The van der Waals surface area contributed by atoms with E-state index < -0.39 is 0 Å². The lowest BCUT2D eigenvalue weighted by molar-refractivity contribution is -0.116. The number of amides is 1. The number of hydrogen-bond donors (Lipinski definition) is 1. The minimum absolute atomic E-state index is 0.0300. The SMILES string of the molecule is Cc1cc2ccccc2n1CC(=O)Nc1cccc(Br)c1. The van der Waals surface area contributed by atoms with Crippen molar-refractivity contribution in [1.29, 1.82) is 0 Å². The van der Waals surface area contributed by atoms with E-state index in [1.165, 1.54) is 0 Å². The predicted molar refractivity (Wildman–Crippen MR) is 89.4 cm³/mol. The molecule has 21 heavy (non-hydrogen) atoms. The standard InChI is InChI=1S/C17H15BrN2O/c1-12-9-13-5-2-3-8-16(13)20(12)11-17(21)19-15-7-4-6-14(18)10-15/h2-10H,11H2,1H3,(H,19,21). The largest absolute Gasteiger partial charge is 0.335 e. The second-order valence-electron chi connectivity index (χ2n) is 4.99. The highest BCUT2D eigenvalue weighted by atomic mass is 79.9. The van der Waals surface area contributed by atoms with Gasteiger partial charge in [-0.05, 0) is 42.6 Å². The van der Waals surface area contributed by atoms with Crippen LogP contribution in [0, 0.1) is 6.92 Å². The van der Waals surface area contributed by atoms with Crippen molar-refractivity contribution in [3.63, 3.8) is 0 Å². The zero-order valence-corrected chi connectivity index (χ0v) is 13.2. The first-order valence-corrected chi connectivity index (χ1v) is 7.53. The van der Waals surface area contributed by atoms with Crippen LogP contribution in [0.25, 0.3) is 10.9 Å². The van der Waals surface area contributed by atoms with Gasteiger partial charge in [0.05, 0.1) is 0 Å². The monoisotopic (exact) mass is 342 g/mol. The Kier molecular flexibility index (Phi) is 3.80. The van der Waals surface area contributed by atoms with Gasteiger partial charge in [-0.3, -0.25) is 4.79 Å². The molecule has 0 aliphatic carbocycles. The van der Waals surface area contributed by atoms with Gasteiger partial charge in [0.2, 0.25) is 5.91 Å². The molecule has 3 aromatic rings. The summed E-state index contributed by atoms with van der Waals surface area (Å²) in [5.41, 5.74) is 2.96. The van der Waals surface area contributed by atoms with Gasteiger partial charge in [0.15, 0.2) is 0 Å². The van der Waals surface area contributed by atoms with Crippen LogP contribution in [0.1, 0.15) is 5.69 Å². The lowest BCUT2D eigenvalue weighted by Crippen LogP contribution is -2.19. The zero-order chi connectivity index (χ0) is 14.8. The number of nitrogens with zero attached hydrogens (tertiary/aromatic N) is 1. The molecule has 4 heteroatoms. The summed E-state index contributed by atoms with van der Waals surface area (Å²) in [6.07, 6.45) is 0. The van der Waals surface area contributed by atoms with Crippen molar-refractivity contribution in [2.45, 2.75) is 13.5 Å². The molecule has 1 amide bonds. The molecule has 0 saturated carbocycles. The number of rotatable bonds is 3. The smallest absolute Gasteiger partial charge is 0.244 e. The van der Waals surface area contributed by atoms with Gasteiger partial charge < -0.3 is 9.88 Å². The normalized spacial score (nSPS) is 10.8. The van der Waals surface area contributed by atoms with Crippen molar-refractivity contribution >= 4 is 38.4 Å². The topological polar surface area (TPSA) is 34.0 Å². The van der Waals surface area contributed by atoms with Crippen LogP contribution < -0.4 is 5.32 Å². The first-order valence-electron chi connectivity index (χ1n) is 6.74. The van der Waals surface area contributed by atoms with Crippen molar-refractivity contribution in [3.05, 3.63) is 64.8 Å². The molecule has 3 rings (SSSR count). The van der Waals surface area contributed by atoms with Crippen LogP contribution in [-0.2, 0) is 11.3 Å². The highest BCUT2D eigenvalue weighted by molar-refractivity contribution is 9.10. The van der Waals surface area contributed by atoms with Gasteiger partial charge in [-0.2, -0.15) is 0 Å². The Morgan fingerprint density at radius 3 is 2.76 bits per heavy atom. The maximum absolute atomic E-state index is 12.2. The van der Waals surface area contributed by atoms with Gasteiger partial charge in [0, 0.05) is 21.4 Å². The van der Waals surface area contributed by atoms with Crippen LogP contribution in [-0.4, -0.2) is 10.5 Å². The molecule has 3 nitrogen and oxygen atoms in total. The van der Waals surface area contributed by atoms with Crippen LogP contribution in [0.4, 0.5) is 5.69 Å². The van der Waals surface area contributed by atoms with Gasteiger partial charge in [-0.1, -0.05) is 40.2 Å². The Bertz CT molecular complexity index is 807. The predicted octanol–water partition coefficient (Wildman–Crippen LogP) is 4.35. The molecule has 0 bridgehead atoms. The maximum atomic E-state index is 12.2. The van der Waals surface area contributed by atoms with Crippen molar-refractivity contribution in [2.24, 2.45) is 0 Å². The third-order valence-electron chi connectivity index (χ3n) is 3.43. The van der Waals surface area contributed by atoms with Crippen molar-refractivity contribution in [1.82, 2.24) is 4.57 Å². The number of aromatic nitrogens is 1. The minimum atomic E-state index is -0.0300. The van der Waals surface area contributed by atoms with Gasteiger partial charge >= 0.3 is 0 Å². The van der Waals surface area contributed by atoms with Crippen LogP contribution in [0.2, 0.25) is 0 Å². The van der Waals surface area contributed by atoms with Crippen LogP contribution in [0.5, 0.6) is 0 Å². The Morgan fingerprint density at radius 1 is 1.14 bits per heavy atom. The molecule has 0 aliphatic rings. The fraction of sp³-hybridized carbons (Fsp3) is 0.118. The molecule has 0 atom stereocenters. The average molecular weight is 343 g/mol. The first kappa shape index (κ1) is 13.9. The van der Waals surface area contributed by atoms with E-state index >= 15 is 0 Å². The van der Waals surface area contributed by atoms with E-state index in [2.05, 4.69) is 33.4 Å². The first-order chi connectivity index (χ1) is 10.1. The number of carbonyl (C=O) groups excluding carboxylic acids is 1. The molecule has 0 saturated heterocycles. The summed E-state index contributed by atoms with van der Waals surface area (Å²) in [6.45, 7) is 2.33. The molecule has 0 unspecified atom stereocenters. The molecule has 1 aromatic heterocycles. The van der Waals surface area contributed by atoms with E-state index in [4.69, 9.17) is 0 Å². The molecule has 1 heterocycles. The number of halogens is 1. The number of carbonyl (C=O) groups is 1. The van der Waals surface area contributed by atoms with Gasteiger partial charge in [-0.25, -0.2) is 0 Å². The summed E-state index contributed by atoms with van der Waals surface area (Å²) in [5.74, 6) is -0.0300. The maximum Gasteiger partial charge on any atom is 0.244 e. The second kappa shape index (κ2) is 5.74. The third-order valence-corrected chi connectivity index (χ3v) is 3.92. The average Bonchev–Trinajstić information content (AvgIpc) is 2.75. The number of fused-ring (bicyclic) bond motifs is 1. The van der Waals surface area contributed by atoms with Crippen molar-refractivity contribution in [2.75, 3.05) is 5.32 Å². The Hall–Kier alpha value is -2.07. The molecule has 106 valence electrons. The number of aryl methyl sites for hydroxylation is 1. The Balaban J connectivity index is 1.82. The number of hydrogen-bond acceptors (Lipinski definition) is 1. The van der Waals surface area contributed by atoms with E-state index in [1.54, 1.807) is 0 Å². The van der Waals surface area contributed by atoms with Gasteiger partial charge in [-0.15, -0.1) is 0 Å². The van der Waals surface area contributed by atoms with Crippen LogP contribution in [0.3, 0.4) is 0 Å².